The van der Waals surface area contributed by atoms with Crippen LogP contribution in [0.3, 0.4) is 0 Å². The van der Waals surface area contributed by atoms with Crippen LogP contribution in [0.2, 0.25) is 0 Å². The van der Waals surface area contributed by atoms with Crippen molar-refractivity contribution in [3.8, 4) is 6.07 Å². The number of nitrogens with zero attached hydrogens (tertiary/aromatic N) is 1. The molecule has 2 N–H and O–H groups in total. The Balaban J connectivity index is 1.76. The Morgan fingerprint density at radius 3 is 1.71 bits per heavy atom. The van der Waals surface area contributed by atoms with Gasteiger partial charge in [-0.1, -0.05) is 50.7 Å². The smallest absolute Gasteiger partial charge is 0.257 e. The largest absolute Gasteiger partial charge is 0.349 e. The van der Waals surface area contributed by atoms with Gasteiger partial charge in [0.25, 0.3) is 11.8 Å². The van der Waals surface area contributed by atoms with Crippen molar-refractivity contribution in [3.05, 3.63) is 41.0 Å². The van der Waals surface area contributed by atoms with Crippen LogP contribution in [0.5, 0.6) is 0 Å². The molecule has 2 aliphatic rings. The van der Waals surface area contributed by atoms with Crippen molar-refractivity contribution in [1.29, 1.82) is 5.26 Å². The molecule has 5 nitrogen and oxygen atoms in total. The minimum Gasteiger partial charge on any atom is -0.349 e. The SMILES string of the molecule is N#Cc1ccc(C=C(C(=O)NC2CCCCC2)C(=O)NC2CCCCC2)cc1. The van der Waals surface area contributed by atoms with Crippen molar-refractivity contribution < 1.29 is 9.59 Å². The number of carbonyl (C=O) groups excluding carboxylic acids is 2. The molecule has 148 valence electrons. The van der Waals surface area contributed by atoms with E-state index in [-0.39, 0.29) is 29.5 Å². The Hall–Kier alpha value is -2.61. The first-order valence-corrected chi connectivity index (χ1v) is 10.5. The van der Waals surface area contributed by atoms with Crippen LogP contribution in [-0.2, 0) is 9.59 Å². The van der Waals surface area contributed by atoms with E-state index in [9.17, 15) is 9.59 Å². The fourth-order valence-electron chi connectivity index (χ4n) is 4.07. The topological polar surface area (TPSA) is 82.0 Å². The van der Waals surface area contributed by atoms with Crippen LogP contribution < -0.4 is 10.6 Å². The van der Waals surface area contributed by atoms with Gasteiger partial charge in [0.2, 0.25) is 0 Å². The van der Waals surface area contributed by atoms with Gasteiger partial charge in [-0.15, -0.1) is 0 Å². The number of benzene rings is 1. The number of carbonyl (C=O) groups is 2. The summed E-state index contributed by atoms with van der Waals surface area (Å²) in [6.45, 7) is 0. The molecule has 2 fully saturated rings. The average molecular weight is 380 g/mol. The molecular formula is C23H29N3O2. The fraction of sp³-hybridized carbons (Fsp3) is 0.522. The highest BCUT2D eigenvalue weighted by Gasteiger charge is 2.25. The molecule has 3 rings (SSSR count). The van der Waals surface area contributed by atoms with Gasteiger partial charge < -0.3 is 10.6 Å². The van der Waals surface area contributed by atoms with Crippen molar-refractivity contribution >= 4 is 17.9 Å². The van der Waals surface area contributed by atoms with E-state index in [4.69, 9.17) is 5.26 Å². The lowest BCUT2D eigenvalue weighted by molar-refractivity contribution is -0.124. The number of hydrogen-bond donors (Lipinski definition) is 2. The summed E-state index contributed by atoms with van der Waals surface area (Å²) in [6, 6.07) is 9.30. The predicted octanol–water partition coefficient (Wildman–Crippen LogP) is 3.84. The van der Waals surface area contributed by atoms with Gasteiger partial charge in [0, 0.05) is 12.1 Å². The molecule has 0 unspecified atom stereocenters. The third-order valence-electron chi connectivity index (χ3n) is 5.72. The predicted molar refractivity (Wildman–Crippen MR) is 109 cm³/mol. The van der Waals surface area contributed by atoms with E-state index in [0.717, 1.165) is 56.9 Å². The molecule has 0 saturated heterocycles. The molecular weight excluding hydrogens is 350 g/mol. The monoisotopic (exact) mass is 379 g/mol. The molecule has 0 heterocycles. The molecule has 5 heteroatoms. The maximum Gasteiger partial charge on any atom is 0.257 e. The summed E-state index contributed by atoms with van der Waals surface area (Å²) in [5.41, 5.74) is 1.45. The summed E-state index contributed by atoms with van der Waals surface area (Å²) in [5, 5.41) is 15.1. The van der Waals surface area contributed by atoms with Crippen molar-refractivity contribution in [2.45, 2.75) is 76.3 Å². The normalized spacial score (nSPS) is 18.0. The number of rotatable bonds is 5. The van der Waals surface area contributed by atoms with Crippen molar-refractivity contribution in [2.75, 3.05) is 0 Å². The first kappa shape index (κ1) is 20.1. The van der Waals surface area contributed by atoms with Gasteiger partial charge in [-0.2, -0.15) is 5.26 Å². The zero-order valence-electron chi connectivity index (χ0n) is 16.4. The third-order valence-corrected chi connectivity index (χ3v) is 5.72. The van der Waals surface area contributed by atoms with E-state index in [1.807, 2.05) is 0 Å². The highest BCUT2D eigenvalue weighted by atomic mass is 16.2. The number of amides is 2. The lowest BCUT2D eigenvalue weighted by atomic mass is 9.94. The van der Waals surface area contributed by atoms with Gasteiger partial charge >= 0.3 is 0 Å². The van der Waals surface area contributed by atoms with Gasteiger partial charge in [0.15, 0.2) is 0 Å². The maximum absolute atomic E-state index is 12.9. The Morgan fingerprint density at radius 2 is 1.29 bits per heavy atom. The van der Waals surface area contributed by atoms with Gasteiger partial charge in [-0.25, -0.2) is 0 Å². The lowest BCUT2D eigenvalue weighted by Crippen LogP contribution is -2.43. The minimum absolute atomic E-state index is 0.146. The van der Waals surface area contributed by atoms with Crippen molar-refractivity contribution in [1.82, 2.24) is 10.6 Å². The van der Waals surface area contributed by atoms with Crippen molar-refractivity contribution in [2.24, 2.45) is 0 Å². The fourth-order valence-corrected chi connectivity index (χ4v) is 4.07. The number of hydrogen-bond acceptors (Lipinski definition) is 3. The molecule has 0 aliphatic heterocycles. The summed E-state index contributed by atoms with van der Waals surface area (Å²) < 4.78 is 0. The Labute approximate surface area is 167 Å². The van der Waals surface area contributed by atoms with Gasteiger partial charge in [0.05, 0.1) is 11.6 Å². The third kappa shape index (κ3) is 5.69. The Kier molecular flexibility index (Phi) is 7.25. The zero-order valence-corrected chi connectivity index (χ0v) is 16.4. The number of nitriles is 1. The van der Waals surface area contributed by atoms with Crippen LogP contribution in [0.1, 0.15) is 75.3 Å². The van der Waals surface area contributed by atoms with Gasteiger partial charge in [0.1, 0.15) is 5.57 Å². The summed E-state index contributed by atoms with van der Waals surface area (Å²) in [6.07, 6.45) is 12.4. The highest BCUT2D eigenvalue weighted by molar-refractivity contribution is 6.21. The summed E-state index contributed by atoms with van der Waals surface area (Å²) in [7, 11) is 0. The van der Waals surface area contributed by atoms with E-state index in [1.165, 1.54) is 12.8 Å². The molecule has 2 aliphatic carbocycles. The van der Waals surface area contributed by atoms with E-state index < -0.39 is 0 Å². The minimum atomic E-state index is -0.301. The first-order chi connectivity index (χ1) is 13.7. The maximum atomic E-state index is 12.9. The molecule has 0 bridgehead atoms. The number of nitrogens with one attached hydrogen (secondary N) is 2. The summed E-state index contributed by atoms with van der Waals surface area (Å²) in [5.74, 6) is -0.603. The molecule has 1 aromatic carbocycles. The Bertz CT molecular complexity index is 715. The van der Waals surface area contributed by atoms with E-state index in [1.54, 1.807) is 30.3 Å². The first-order valence-electron chi connectivity index (χ1n) is 10.5. The molecule has 1 aromatic rings. The quantitative estimate of drug-likeness (QED) is 0.463. The molecule has 28 heavy (non-hydrogen) atoms. The second-order valence-corrected chi connectivity index (χ2v) is 7.91. The van der Waals surface area contributed by atoms with Crippen LogP contribution >= 0.6 is 0 Å². The molecule has 0 atom stereocenters. The average Bonchev–Trinajstić information content (AvgIpc) is 2.73. The van der Waals surface area contributed by atoms with Crippen LogP contribution in [0.4, 0.5) is 0 Å². The van der Waals surface area contributed by atoms with E-state index in [0.29, 0.717) is 5.56 Å². The van der Waals surface area contributed by atoms with Gasteiger partial charge in [-0.05, 0) is 49.5 Å². The molecule has 0 radical (unpaired) electrons. The van der Waals surface area contributed by atoms with Crippen LogP contribution in [0.25, 0.3) is 6.08 Å². The van der Waals surface area contributed by atoms with Gasteiger partial charge in [-0.3, -0.25) is 9.59 Å². The molecule has 2 amide bonds. The molecule has 0 aromatic heterocycles. The second kappa shape index (κ2) is 10.1. The van der Waals surface area contributed by atoms with E-state index >= 15 is 0 Å². The lowest BCUT2D eigenvalue weighted by Gasteiger charge is -2.25. The van der Waals surface area contributed by atoms with Crippen LogP contribution in [0, 0.1) is 11.3 Å². The highest BCUT2D eigenvalue weighted by Crippen LogP contribution is 2.20. The summed E-state index contributed by atoms with van der Waals surface area (Å²) >= 11 is 0. The Morgan fingerprint density at radius 1 is 0.821 bits per heavy atom. The summed E-state index contributed by atoms with van der Waals surface area (Å²) in [4.78, 5) is 25.9. The standard InChI is InChI=1S/C23H29N3O2/c24-16-18-13-11-17(12-14-18)15-21(22(27)25-19-7-3-1-4-8-19)23(28)26-20-9-5-2-6-10-20/h11-15,19-20H,1-10H2,(H,25,27)(H,26,28). The van der Waals surface area contributed by atoms with E-state index in [2.05, 4.69) is 16.7 Å². The zero-order chi connectivity index (χ0) is 19.8. The second-order valence-electron chi connectivity index (χ2n) is 7.91. The van der Waals surface area contributed by atoms with Crippen molar-refractivity contribution in [3.63, 3.8) is 0 Å². The van der Waals surface area contributed by atoms with Crippen LogP contribution in [-0.4, -0.2) is 23.9 Å². The molecule has 2 saturated carbocycles. The van der Waals surface area contributed by atoms with Crippen LogP contribution in [0.15, 0.2) is 29.8 Å². The molecule has 0 spiro atoms.